The number of amides is 1. The van der Waals surface area contributed by atoms with Crippen LogP contribution in [0.5, 0.6) is 0 Å². The van der Waals surface area contributed by atoms with Crippen molar-refractivity contribution in [1.29, 1.82) is 0 Å². The van der Waals surface area contributed by atoms with Gasteiger partial charge in [0.1, 0.15) is 0 Å². The van der Waals surface area contributed by atoms with Gasteiger partial charge in [0.05, 0.1) is 12.6 Å². The van der Waals surface area contributed by atoms with Gasteiger partial charge in [-0.15, -0.1) is 0 Å². The van der Waals surface area contributed by atoms with Crippen LogP contribution < -0.4 is 10.6 Å². The zero-order valence-corrected chi connectivity index (χ0v) is 9.01. The molecule has 1 aliphatic heterocycles. The highest BCUT2D eigenvalue weighted by atomic mass is 16.5. The number of hydrogen-bond donors (Lipinski definition) is 2. The summed E-state index contributed by atoms with van der Waals surface area (Å²) >= 11 is 0. The normalized spacial score (nSPS) is 27.3. The summed E-state index contributed by atoms with van der Waals surface area (Å²) in [6, 6.07) is 0.432. The molecule has 1 fully saturated rings. The Bertz CT molecular complexity index is 185. The molecular formula is C10H20N2O2. The zero-order valence-electron chi connectivity index (χ0n) is 9.01. The van der Waals surface area contributed by atoms with Gasteiger partial charge < -0.3 is 15.4 Å². The Hall–Kier alpha value is -0.610. The van der Waals surface area contributed by atoms with E-state index in [1.165, 1.54) is 0 Å². The van der Waals surface area contributed by atoms with Crippen LogP contribution in [0, 0.1) is 0 Å². The molecule has 0 bridgehead atoms. The van der Waals surface area contributed by atoms with Crippen LogP contribution in [0.1, 0.15) is 26.7 Å². The fraction of sp³-hybridized carbons (Fsp3) is 0.900. The largest absolute Gasteiger partial charge is 0.378 e. The van der Waals surface area contributed by atoms with Crippen molar-refractivity contribution in [2.75, 3.05) is 19.7 Å². The van der Waals surface area contributed by atoms with Crippen molar-refractivity contribution in [2.45, 2.75) is 38.8 Å². The predicted octanol–water partition coefficient (Wildman–Crippen LogP) is 0.280. The maximum atomic E-state index is 11.2. The Morgan fingerprint density at radius 1 is 1.57 bits per heavy atom. The van der Waals surface area contributed by atoms with Crippen LogP contribution in [-0.2, 0) is 9.53 Å². The molecule has 1 saturated heterocycles. The highest BCUT2D eigenvalue weighted by molar-refractivity contribution is 5.77. The average Bonchev–Trinajstić information content (AvgIpc) is 2.15. The van der Waals surface area contributed by atoms with Gasteiger partial charge in [0.25, 0.3) is 0 Å². The van der Waals surface area contributed by atoms with E-state index in [1.807, 2.05) is 6.92 Å². The smallest absolute Gasteiger partial charge is 0.233 e. The lowest BCUT2D eigenvalue weighted by Gasteiger charge is -2.27. The van der Waals surface area contributed by atoms with E-state index in [-0.39, 0.29) is 5.91 Å². The minimum Gasteiger partial charge on any atom is -0.378 e. The topological polar surface area (TPSA) is 50.4 Å². The SMILES string of the molecule is CCNC(=O)CNC1CCOC(C)C1. The van der Waals surface area contributed by atoms with Gasteiger partial charge in [0.2, 0.25) is 5.91 Å². The second-order valence-electron chi connectivity index (χ2n) is 3.74. The molecular weight excluding hydrogens is 180 g/mol. The molecule has 1 rings (SSSR count). The van der Waals surface area contributed by atoms with E-state index in [1.54, 1.807) is 0 Å². The molecule has 82 valence electrons. The Balaban J connectivity index is 2.14. The molecule has 0 aliphatic carbocycles. The number of ether oxygens (including phenoxy) is 1. The summed E-state index contributed by atoms with van der Waals surface area (Å²) in [7, 11) is 0. The summed E-state index contributed by atoms with van der Waals surface area (Å²) in [5.74, 6) is 0.0756. The summed E-state index contributed by atoms with van der Waals surface area (Å²) < 4.78 is 5.42. The van der Waals surface area contributed by atoms with Gasteiger partial charge in [-0.25, -0.2) is 0 Å². The summed E-state index contributed by atoms with van der Waals surface area (Å²) in [4.78, 5) is 11.2. The number of nitrogens with one attached hydrogen (secondary N) is 2. The van der Waals surface area contributed by atoms with Crippen molar-refractivity contribution in [3.63, 3.8) is 0 Å². The molecule has 2 unspecified atom stereocenters. The van der Waals surface area contributed by atoms with Crippen molar-refractivity contribution < 1.29 is 9.53 Å². The summed E-state index contributed by atoms with van der Waals surface area (Å²) in [5.41, 5.74) is 0. The van der Waals surface area contributed by atoms with Gasteiger partial charge in [-0.05, 0) is 26.7 Å². The van der Waals surface area contributed by atoms with E-state index < -0.39 is 0 Å². The number of carbonyl (C=O) groups is 1. The molecule has 0 saturated carbocycles. The van der Waals surface area contributed by atoms with Gasteiger partial charge >= 0.3 is 0 Å². The first kappa shape index (κ1) is 11.5. The maximum absolute atomic E-state index is 11.2. The predicted molar refractivity (Wildman–Crippen MR) is 55.1 cm³/mol. The first-order chi connectivity index (χ1) is 6.72. The minimum absolute atomic E-state index is 0.0756. The van der Waals surface area contributed by atoms with E-state index in [0.717, 1.165) is 19.4 Å². The van der Waals surface area contributed by atoms with Crippen LogP contribution in [0.25, 0.3) is 0 Å². The molecule has 2 atom stereocenters. The van der Waals surface area contributed by atoms with Crippen molar-refractivity contribution >= 4 is 5.91 Å². The lowest BCUT2D eigenvalue weighted by atomic mass is 10.0. The molecule has 0 aromatic carbocycles. The van der Waals surface area contributed by atoms with E-state index in [0.29, 0.717) is 25.2 Å². The molecule has 0 radical (unpaired) electrons. The zero-order chi connectivity index (χ0) is 10.4. The highest BCUT2D eigenvalue weighted by Gasteiger charge is 2.19. The van der Waals surface area contributed by atoms with Crippen LogP contribution in [-0.4, -0.2) is 37.7 Å². The highest BCUT2D eigenvalue weighted by Crippen LogP contribution is 2.12. The fourth-order valence-corrected chi connectivity index (χ4v) is 1.68. The lowest BCUT2D eigenvalue weighted by Crippen LogP contribution is -2.43. The van der Waals surface area contributed by atoms with Crippen molar-refractivity contribution in [1.82, 2.24) is 10.6 Å². The van der Waals surface area contributed by atoms with Crippen LogP contribution >= 0.6 is 0 Å². The summed E-state index contributed by atoms with van der Waals surface area (Å²) in [5, 5.41) is 6.01. The third kappa shape index (κ3) is 4.07. The van der Waals surface area contributed by atoms with E-state index >= 15 is 0 Å². The maximum Gasteiger partial charge on any atom is 0.233 e. The molecule has 4 heteroatoms. The second kappa shape index (κ2) is 5.98. The third-order valence-corrected chi connectivity index (χ3v) is 2.41. The van der Waals surface area contributed by atoms with Crippen LogP contribution in [0.15, 0.2) is 0 Å². The van der Waals surface area contributed by atoms with Gasteiger partial charge in [-0.2, -0.15) is 0 Å². The van der Waals surface area contributed by atoms with Crippen LogP contribution in [0.4, 0.5) is 0 Å². The van der Waals surface area contributed by atoms with Crippen molar-refractivity contribution in [3.8, 4) is 0 Å². The second-order valence-corrected chi connectivity index (χ2v) is 3.74. The molecule has 14 heavy (non-hydrogen) atoms. The average molecular weight is 200 g/mol. The summed E-state index contributed by atoms with van der Waals surface area (Å²) in [6.07, 6.45) is 2.32. The third-order valence-electron chi connectivity index (χ3n) is 2.41. The molecule has 2 N–H and O–H groups in total. The first-order valence-corrected chi connectivity index (χ1v) is 5.34. The fourth-order valence-electron chi connectivity index (χ4n) is 1.68. The minimum atomic E-state index is 0.0756. The molecule has 1 amide bonds. The standard InChI is InChI=1S/C10H20N2O2/c1-3-11-10(13)7-12-9-4-5-14-8(2)6-9/h8-9,12H,3-7H2,1-2H3,(H,11,13). The molecule has 1 heterocycles. The molecule has 0 aromatic heterocycles. The Kier molecular flexibility index (Phi) is 4.90. The summed E-state index contributed by atoms with van der Waals surface area (Å²) in [6.45, 7) is 5.92. The van der Waals surface area contributed by atoms with Crippen LogP contribution in [0.3, 0.4) is 0 Å². The quantitative estimate of drug-likeness (QED) is 0.685. The van der Waals surface area contributed by atoms with Gasteiger partial charge in [0, 0.05) is 19.2 Å². The Labute approximate surface area is 85.4 Å². The molecule has 1 aliphatic rings. The van der Waals surface area contributed by atoms with Gasteiger partial charge in [-0.1, -0.05) is 0 Å². The molecule has 0 aromatic rings. The lowest BCUT2D eigenvalue weighted by molar-refractivity contribution is -0.120. The van der Waals surface area contributed by atoms with Crippen molar-refractivity contribution in [3.05, 3.63) is 0 Å². The van der Waals surface area contributed by atoms with Crippen LogP contribution in [0.2, 0.25) is 0 Å². The van der Waals surface area contributed by atoms with E-state index in [9.17, 15) is 4.79 Å². The van der Waals surface area contributed by atoms with E-state index in [4.69, 9.17) is 4.74 Å². The number of rotatable bonds is 4. The number of likely N-dealkylation sites (N-methyl/N-ethyl adjacent to an activating group) is 1. The first-order valence-electron chi connectivity index (χ1n) is 5.34. The van der Waals surface area contributed by atoms with Crippen molar-refractivity contribution in [2.24, 2.45) is 0 Å². The Morgan fingerprint density at radius 2 is 2.36 bits per heavy atom. The Morgan fingerprint density at radius 3 is 3.00 bits per heavy atom. The van der Waals surface area contributed by atoms with Gasteiger partial charge in [-0.3, -0.25) is 4.79 Å². The van der Waals surface area contributed by atoms with E-state index in [2.05, 4.69) is 17.6 Å². The van der Waals surface area contributed by atoms with Gasteiger partial charge in [0.15, 0.2) is 0 Å². The molecule has 4 nitrogen and oxygen atoms in total. The number of hydrogen-bond acceptors (Lipinski definition) is 3. The monoisotopic (exact) mass is 200 g/mol. The number of carbonyl (C=O) groups excluding carboxylic acids is 1. The molecule has 0 spiro atoms.